The molecular formula is C27H29N3O4S. The van der Waals surface area contributed by atoms with Crippen LogP contribution in [0, 0.1) is 0 Å². The number of sulfone groups is 1. The molecule has 0 saturated carbocycles. The van der Waals surface area contributed by atoms with E-state index in [1.54, 1.807) is 12.1 Å². The van der Waals surface area contributed by atoms with Gasteiger partial charge in [0.15, 0.2) is 9.84 Å². The van der Waals surface area contributed by atoms with E-state index in [9.17, 15) is 18.0 Å². The molecule has 4 rings (SSSR count). The summed E-state index contributed by atoms with van der Waals surface area (Å²) in [5, 5.41) is 2.81. The van der Waals surface area contributed by atoms with Gasteiger partial charge in [-0.2, -0.15) is 0 Å². The summed E-state index contributed by atoms with van der Waals surface area (Å²) in [6.07, 6.45) is 1.15. The minimum atomic E-state index is -3.28. The number of amides is 2. The fourth-order valence-corrected chi connectivity index (χ4v) is 4.90. The average Bonchev–Trinajstić information content (AvgIpc) is 2.86. The summed E-state index contributed by atoms with van der Waals surface area (Å²) in [6, 6.07) is 25.7. The van der Waals surface area contributed by atoms with Gasteiger partial charge in [-0.3, -0.25) is 14.5 Å². The Labute approximate surface area is 206 Å². The third-order valence-electron chi connectivity index (χ3n) is 6.13. The maximum atomic E-state index is 13.6. The molecule has 0 atom stereocenters. The zero-order valence-electron chi connectivity index (χ0n) is 19.6. The van der Waals surface area contributed by atoms with E-state index in [4.69, 9.17) is 0 Å². The highest BCUT2D eigenvalue weighted by Crippen LogP contribution is 2.27. The molecule has 0 aromatic heterocycles. The lowest BCUT2D eigenvalue weighted by Gasteiger charge is -2.36. The van der Waals surface area contributed by atoms with Gasteiger partial charge in [0.05, 0.1) is 17.4 Å². The zero-order chi connectivity index (χ0) is 24.8. The van der Waals surface area contributed by atoms with Gasteiger partial charge in [-0.25, -0.2) is 8.42 Å². The van der Waals surface area contributed by atoms with Gasteiger partial charge in [-0.1, -0.05) is 60.7 Å². The highest BCUT2D eigenvalue weighted by molar-refractivity contribution is 7.90. The van der Waals surface area contributed by atoms with Crippen LogP contribution in [0.3, 0.4) is 0 Å². The van der Waals surface area contributed by atoms with Crippen molar-refractivity contribution in [1.82, 2.24) is 9.80 Å². The van der Waals surface area contributed by atoms with Crippen molar-refractivity contribution in [2.75, 3.05) is 44.3 Å². The molecule has 0 radical (unpaired) electrons. The molecule has 0 bridgehead atoms. The Morgan fingerprint density at radius 2 is 1.31 bits per heavy atom. The largest absolute Gasteiger partial charge is 0.339 e. The Kier molecular flexibility index (Phi) is 7.63. The molecule has 1 aliphatic heterocycles. The van der Waals surface area contributed by atoms with Crippen LogP contribution >= 0.6 is 0 Å². The standard InChI is InChI=1S/C27H29N3O4S/c1-35(33,34)24-14-12-23(13-15-24)28-25(31)20-29-16-18-30(19-17-29)27(32)26(21-8-4-2-5-9-21)22-10-6-3-7-11-22/h2-15,26H,16-20H2,1H3,(H,28,31). The van der Waals surface area contributed by atoms with Gasteiger partial charge in [0.1, 0.15) is 0 Å². The van der Waals surface area contributed by atoms with Crippen molar-refractivity contribution in [3.63, 3.8) is 0 Å². The predicted octanol–water partition coefficient (Wildman–Crippen LogP) is 3.00. The summed E-state index contributed by atoms with van der Waals surface area (Å²) < 4.78 is 23.2. The fraction of sp³-hybridized carbons (Fsp3) is 0.259. The lowest BCUT2D eigenvalue weighted by atomic mass is 9.90. The van der Waals surface area contributed by atoms with Gasteiger partial charge in [0.25, 0.3) is 0 Å². The first kappa shape index (κ1) is 24.6. The van der Waals surface area contributed by atoms with E-state index in [0.717, 1.165) is 17.4 Å². The highest BCUT2D eigenvalue weighted by atomic mass is 32.2. The summed E-state index contributed by atoms with van der Waals surface area (Å²) in [4.78, 5) is 30.2. The average molecular weight is 492 g/mol. The Bertz CT molecular complexity index is 1220. The number of anilines is 1. The van der Waals surface area contributed by atoms with E-state index >= 15 is 0 Å². The molecule has 0 aliphatic carbocycles. The van der Waals surface area contributed by atoms with E-state index in [0.29, 0.717) is 31.9 Å². The number of carbonyl (C=O) groups is 2. The van der Waals surface area contributed by atoms with Crippen molar-refractivity contribution in [2.24, 2.45) is 0 Å². The van der Waals surface area contributed by atoms with Crippen molar-refractivity contribution in [3.8, 4) is 0 Å². The molecule has 1 fully saturated rings. The van der Waals surface area contributed by atoms with Crippen LogP contribution in [0.25, 0.3) is 0 Å². The van der Waals surface area contributed by atoms with Crippen LogP contribution in [0.5, 0.6) is 0 Å². The number of nitrogens with one attached hydrogen (secondary N) is 1. The summed E-state index contributed by atoms with van der Waals surface area (Å²) >= 11 is 0. The third-order valence-corrected chi connectivity index (χ3v) is 7.26. The first-order valence-corrected chi connectivity index (χ1v) is 13.4. The predicted molar refractivity (Wildman–Crippen MR) is 136 cm³/mol. The number of rotatable bonds is 7. The van der Waals surface area contributed by atoms with Gasteiger partial charge < -0.3 is 10.2 Å². The van der Waals surface area contributed by atoms with Crippen molar-refractivity contribution in [3.05, 3.63) is 96.1 Å². The quantitative estimate of drug-likeness (QED) is 0.549. The molecule has 1 saturated heterocycles. The minimum absolute atomic E-state index is 0.0671. The molecule has 3 aromatic carbocycles. The van der Waals surface area contributed by atoms with E-state index < -0.39 is 9.84 Å². The van der Waals surface area contributed by atoms with Crippen LogP contribution in [0.4, 0.5) is 5.69 Å². The molecule has 0 unspecified atom stereocenters. The lowest BCUT2D eigenvalue weighted by Crippen LogP contribution is -2.51. The molecule has 1 N–H and O–H groups in total. The van der Waals surface area contributed by atoms with E-state index in [-0.39, 0.29) is 29.2 Å². The number of hydrogen-bond donors (Lipinski definition) is 1. The van der Waals surface area contributed by atoms with Crippen LogP contribution in [0.15, 0.2) is 89.8 Å². The fourth-order valence-electron chi connectivity index (χ4n) is 4.27. The van der Waals surface area contributed by atoms with Crippen molar-refractivity contribution >= 4 is 27.3 Å². The van der Waals surface area contributed by atoms with Gasteiger partial charge in [-0.15, -0.1) is 0 Å². The minimum Gasteiger partial charge on any atom is -0.339 e. The van der Waals surface area contributed by atoms with Crippen LogP contribution in [-0.4, -0.2) is 69.0 Å². The van der Waals surface area contributed by atoms with Crippen LogP contribution in [0.2, 0.25) is 0 Å². The first-order chi connectivity index (χ1) is 16.8. The highest BCUT2D eigenvalue weighted by Gasteiger charge is 2.30. The molecular weight excluding hydrogens is 462 g/mol. The number of carbonyl (C=O) groups excluding carboxylic acids is 2. The Morgan fingerprint density at radius 1 is 0.800 bits per heavy atom. The summed E-state index contributed by atoms with van der Waals surface area (Å²) in [7, 11) is -3.28. The van der Waals surface area contributed by atoms with Crippen LogP contribution < -0.4 is 5.32 Å². The van der Waals surface area contributed by atoms with Crippen molar-refractivity contribution in [2.45, 2.75) is 10.8 Å². The molecule has 3 aromatic rings. The summed E-state index contributed by atoms with van der Waals surface area (Å²) in [5.41, 5.74) is 2.48. The Balaban J connectivity index is 1.34. The molecule has 35 heavy (non-hydrogen) atoms. The van der Waals surface area contributed by atoms with Crippen molar-refractivity contribution < 1.29 is 18.0 Å². The zero-order valence-corrected chi connectivity index (χ0v) is 20.4. The SMILES string of the molecule is CS(=O)(=O)c1ccc(NC(=O)CN2CCN(C(=O)C(c3ccccc3)c3ccccc3)CC2)cc1. The first-order valence-electron chi connectivity index (χ1n) is 11.5. The second-order valence-electron chi connectivity index (χ2n) is 8.70. The molecule has 1 heterocycles. The Hall–Kier alpha value is -3.49. The topological polar surface area (TPSA) is 86.8 Å². The Morgan fingerprint density at radius 3 is 1.80 bits per heavy atom. The second kappa shape index (κ2) is 10.8. The van der Waals surface area contributed by atoms with Crippen LogP contribution in [-0.2, 0) is 19.4 Å². The summed E-state index contributed by atoms with van der Waals surface area (Å²) in [5.74, 6) is -0.469. The van der Waals surface area contributed by atoms with Crippen LogP contribution in [0.1, 0.15) is 17.0 Å². The van der Waals surface area contributed by atoms with E-state index in [1.807, 2.05) is 70.5 Å². The molecule has 7 nitrogen and oxygen atoms in total. The summed E-state index contributed by atoms with van der Waals surface area (Å²) in [6.45, 7) is 2.50. The second-order valence-corrected chi connectivity index (χ2v) is 10.7. The van der Waals surface area contributed by atoms with Gasteiger partial charge >= 0.3 is 0 Å². The molecule has 1 aliphatic rings. The van der Waals surface area contributed by atoms with Crippen molar-refractivity contribution in [1.29, 1.82) is 0 Å². The normalized spacial score (nSPS) is 14.6. The smallest absolute Gasteiger partial charge is 0.238 e. The molecule has 0 spiro atoms. The van der Waals surface area contributed by atoms with Gasteiger partial charge in [-0.05, 0) is 35.4 Å². The van der Waals surface area contributed by atoms with Gasteiger partial charge in [0.2, 0.25) is 11.8 Å². The van der Waals surface area contributed by atoms with E-state index in [1.165, 1.54) is 12.1 Å². The number of nitrogens with zero attached hydrogens (tertiary/aromatic N) is 2. The van der Waals surface area contributed by atoms with E-state index in [2.05, 4.69) is 5.32 Å². The maximum Gasteiger partial charge on any atom is 0.238 e. The monoisotopic (exact) mass is 491 g/mol. The maximum absolute atomic E-state index is 13.6. The number of hydrogen-bond acceptors (Lipinski definition) is 5. The molecule has 182 valence electrons. The number of piperazine rings is 1. The third kappa shape index (κ3) is 6.35. The molecule has 2 amide bonds. The lowest BCUT2D eigenvalue weighted by molar-refractivity contribution is -0.133. The number of benzene rings is 3. The molecule has 8 heteroatoms. The van der Waals surface area contributed by atoms with Gasteiger partial charge in [0, 0.05) is 38.1 Å².